The number of nitrogens with zero attached hydrogens (tertiary/aromatic N) is 2. The quantitative estimate of drug-likeness (QED) is 0.702. The molecule has 6 heteroatoms. The summed E-state index contributed by atoms with van der Waals surface area (Å²) in [5.74, 6) is 0.215. The van der Waals surface area contributed by atoms with Crippen LogP contribution >= 0.6 is 12.6 Å². The Balaban J connectivity index is 2.04. The van der Waals surface area contributed by atoms with Crippen LogP contribution in [0.15, 0.2) is 12.4 Å². The fourth-order valence-electron chi connectivity index (χ4n) is 1.92. The summed E-state index contributed by atoms with van der Waals surface area (Å²) in [6, 6.07) is 0. The van der Waals surface area contributed by atoms with Crippen LogP contribution in [0.4, 0.5) is 0 Å². The third-order valence-electron chi connectivity index (χ3n) is 2.97. The van der Waals surface area contributed by atoms with Gasteiger partial charge in [-0.25, -0.2) is 4.68 Å². The summed E-state index contributed by atoms with van der Waals surface area (Å²) in [5, 5.41) is 23.5. The Morgan fingerprint density at radius 2 is 2.35 bits per heavy atom. The molecule has 1 aliphatic heterocycles. The number of thiol groups is 1. The maximum atomic E-state index is 9.81. The average molecular weight is 258 g/mol. The van der Waals surface area contributed by atoms with Gasteiger partial charge in [-0.2, -0.15) is 17.7 Å². The maximum Gasteiger partial charge on any atom is 0.150 e. The van der Waals surface area contributed by atoms with Crippen molar-refractivity contribution >= 4 is 12.6 Å². The van der Waals surface area contributed by atoms with Crippen LogP contribution in [0, 0.1) is 0 Å². The lowest BCUT2D eigenvalue weighted by Gasteiger charge is -2.22. The normalized spacial score (nSPS) is 24.5. The highest BCUT2D eigenvalue weighted by Gasteiger charge is 2.21. The summed E-state index contributed by atoms with van der Waals surface area (Å²) in [6.45, 7) is 0.752. The topological polar surface area (TPSA) is 67.5 Å². The first-order chi connectivity index (χ1) is 8.22. The molecule has 5 nitrogen and oxygen atoms in total. The van der Waals surface area contributed by atoms with Crippen molar-refractivity contribution in [1.29, 1.82) is 0 Å². The van der Waals surface area contributed by atoms with Crippen molar-refractivity contribution in [2.24, 2.45) is 0 Å². The summed E-state index contributed by atoms with van der Waals surface area (Å²) < 4.78 is 7.30. The fourth-order valence-corrected chi connectivity index (χ4v) is 2.12. The molecule has 1 aromatic rings. The lowest BCUT2D eigenvalue weighted by molar-refractivity contribution is -0.0397. The van der Waals surface area contributed by atoms with Crippen LogP contribution in [0.2, 0.25) is 0 Å². The van der Waals surface area contributed by atoms with Gasteiger partial charge >= 0.3 is 0 Å². The minimum Gasteiger partial charge on any atom is -0.389 e. The van der Waals surface area contributed by atoms with Crippen molar-refractivity contribution in [2.75, 3.05) is 12.4 Å². The molecule has 96 valence electrons. The van der Waals surface area contributed by atoms with Gasteiger partial charge in [0.05, 0.1) is 12.3 Å². The highest BCUT2D eigenvalue weighted by molar-refractivity contribution is 7.80. The van der Waals surface area contributed by atoms with Crippen LogP contribution in [-0.2, 0) is 4.74 Å². The van der Waals surface area contributed by atoms with E-state index in [4.69, 9.17) is 4.74 Å². The third-order valence-corrected chi connectivity index (χ3v) is 3.34. The monoisotopic (exact) mass is 258 g/mol. The highest BCUT2D eigenvalue weighted by Crippen LogP contribution is 2.24. The first kappa shape index (κ1) is 12.9. The van der Waals surface area contributed by atoms with E-state index in [2.05, 4.69) is 17.7 Å². The zero-order chi connectivity index (χ0) is 12.3. The van der Waals surface area contributed by atoms with Crippen molar-refractivity contribution in [2.45, 2.75) is 37.7 Å². The molecule has 0 spiro atoms. The van der Waals surface area contributed by atoms with E-state index in [1.807, 2.05) is 0 Å². The van der Waals surface area contributed by atoms with E-state index in [0.717, 1.165) is 25.9 Å². The van der Waals surface area contributed by atoms with Gasteiger partial charge in [-0.1, -0.05) is 0 Å². The van der Waals surface area contributed by atoms with E-state index >= 15 is 0 Å². The van der Waals surface area contributed by atoms with Crippen LogP contribution in [0.1, 0.15) is 37.2 Å². The number of aliphatic hydroxyl groups is 2. The lowest BCUT2D eigenvalue weighted by Crippen LogP contribution is -2.20. The molecule has 0 radical (unpaired) electrons. The third kappa shape index (κ3) is 3.01. The zero-order valence-electron chi connectivity index (χ0n) is 9.57. The molecular formula is C11H18N2O3S. The van der Waals surface area contributed by atoms with Gasteiger partial charge in [0.25, 0.3) is 0 Å². The zero-order valence-corrected chi connectivity index (χ0v) is 10.5. The van der Waals surface area contributed by atoms with Crippen molar-refractivity contribution in [3.8, 4) is 0 Å². The summed E-state index contributed by atoms with van der Waals surface area (Å²) >= 11 is 3.95. The van der Waals surface area contributed by atoms with Crippen LogP contribution in [-0.4, -0.2) is 38.5 Å². The Morgan fingerprint density at radius 1 is 1.53 bits per heavy atom. The standard InChI is InChI=1S/C11H18N2O3S/c14-9(7-17)11(15)8-5-12-13(6-8)10-3-1-2-4-16-10/h5-6,9-11,14-15,17H,1-4,7H2/t9?,10-,11?/m0/s1. The molecule has 3 atom stereocenters. The Hall–Kier alpha value is -0.560. The largest absolute Gasteiger partial charge is 0.389 e. The van der Waals surface area contributed by atoms with E-state index in [1.54, 1.807) is 17.1 Å². The second kappa shape index (κ2) is 5.86. The molecule has 0 aliphatic carbocycles. The van der Waals surface area contributed by atoms with Crippen LogP contribution < -0.4 is 0 Å². The molecule has 2 N–H and O–H groups in total. The molecule has 0 amide bonds. The first-order valence-corrected chi connectivity index (χ1v) is 6.48. The predicted molar refractivity (Wildman–Crippen MR) is 65.9 cm³/mol. The molecule has 1 aliphatic rings. The number of aromatic nitrogens is 2. The van der Waals surface area contributed by atoms with E-state index in [1.165, 1.54) is 0 Å². The molecule has 2 heterocycles. The van der Waals surface area contributed by atoms with Gasteiger partial charge in [0.15, 0.2) is 0 Å². The van der Waals surface area contributed by atoms with E-state index < -0.39 is 12.2 Å². The average Bonchev–Trinajstić information content (AvgIpc) is 2.87. The number of ether oxygens (including phenoxy) is 1. The molecular weight excluding hydrogens is 240 g/mol. The lowest BCUT2D eigenvalue weighted by atomic mass is 10.1. The van der Waals surface area contributed by atoms with Crippen molar-refractivity contribution in [3.05, 3.63) is 18.0 Å². The second-order valence-electron chi connectivity index (χ2n) is 4.27. The van der Waals surface area contributed by atoms with Crippen LogP contribution in [0.3, 0.4) is 0 Å². The summed E-state index contributed by atoms with van der Waals surface area (Å²) in [7, 11) is 0. The molecule has 1 saturated heterocycles. The van der Waals surface area contributed by atoms with Crippen molar-refractivity contribution < 1.29 is 14.9 Å². The van der Waals surface area contributed by atoms with Gasteiger partial charge in [-0.3, -0.25) is 0 Å². The molecule has 1 fully saturated rings. The van der Waals surface area contributed by atoms with Crippen molar-refractivity contribution in [3.63, 3.8) is 0 Å². The Morgan fingerprint density at radius 3 is 3.00 bits per heavy atom. The predicted octanol–water partition coefficient (Wildman–Crippen LogP) is 0.906. The molecule has 2 unspecified atom stereocenters. The van der Waals surface area contributed by atoms with Gasteiger partial charge in [0.2, 0.25) is 0 Å². The maximum absolute atomic E-state index is 9.81. The van der Waals surface area contributed by atoms with Gasteiger partial charge in [-0.05, 0) is 19.3 Å². The van der Waals surface area contributed by atoms with Gasteiger partial charge < -0.3 is 14.9 Å². The van der Waals surface area contributed by atoms with E-state index in [9.17, 15) is 10.2 Å². The molecule has 1 aromatic heterocycles. The van der Waals surface area contributed by atoms with Crippen LogP contribution in [0.5, 0.6) is 0 Å². The number of rotatable bonds is 4. The minimum atomic E-state index is -0.940. The summed E-state index contributed by atoms with van der Waals surface area (Å²) in [5.41, 5.74) is 0.598. The number of hydrogen-bond donors (Lipinski definition) is 3. The molecule has 17 heavy (non-hydrogen) atoms. The molecule has 0 aromatic carbocycles. The number of hydrogen-bond acceptors (Lipinski definition) is 5. The smallest absolute Gasteiger partial charge is 0.150 e. The highest BCUT2D eigenvalue weighted by atomic mass is 32.1. The molecule has 0 bridgehead atoms. The first-order valence-electron chi connectivity index (χ1n) is 5.85. The van der Waals surface area contributed by atoms with Gasteiger partial charge in [0.1, 0.15) is 12.3 Å². The number of aliphatic hydroxyl groups excluding tert-OH is 2. The summed E-state index contributed by atoms with van der Waals surface area (Å²) in [4.78, 5) is 0. The van der Waals surface area contributed by atoms with Crippen LogP contribution in [0.25, 0.3) is 0 Å². The Labute approximate surface area is 106 Å². The molecule has 2 rings (SSSR count). The van der Waals surface area contributed by atoms with E-state index in [0.29, 0.717) is 5.56 Å². The molecule has 0 saturated carbocycles. The minimum absolute atomic E-state index is 0.0437. The van der Waals surface area contributed by atoms with E-state index in [-0.39, 0.29) is 12.0 Å². The Kier molecular flexibility index (Phi) is 4.44. The second-order valence-corrected chi connectivity index (χ2v) is 4.63. The van der Waals surface area contributed by atoms with Gasteiger partial charge in [0, 0.05) is 24.1 Å². The van der Waals surface area contributed by atoms with Crippen molar-refractivity contribution in [1.82, 2.24) is 9.78 Å². The fraction of sp³-hybridized carbons (Fsp3) is 0.727. The summed E-state index contributed by atoms with van der Waals surface area (Å²) in [6.07, 6.45) is 4.59. The Bertz CT molecular complexity index is 336. The SMILES string of the molecule is OC(CS)C(O)c1cnn([C@@H]2CCCCO2)c1. The van der Waals surface area contributed by atoms with Gasteiger partial charge in [-0.15, -0.1) is 0 Å².